The largest absolute Gasteiger partial charge is 0.504 e. The first-order valence-corrected chi connectivity index (χ1v) is 7.88. The van der Waals surface area contributed by atoms with Gasteiger partial charge in [0.15, 0.2) is 23.4 Å². The maximum Gasteiger partial charge on any atom is 0.174 e. The van der Waals surface area contributed by atoms with Gasteiger partial charge in [0.2, 0.25) is 0 Å². The number of piperidine rings is 1. The van der Waals surface area contributed by atoms with E-state index in [9.17, 15) is 9.90 Å². The summed E-state index contributed by atoms with van der Waals surface area (Å²) >= 11 is 0. The predicted octanol–water partition coefficient (Wildman–Crippen LogP) is 2.05. The maximum atomic E-state index is 12.5. The third kappa shape index (κ3) is 1.41. The molecule has 4 aliphatic rings. The molecule has 2 bridgehead atoms. The topological polar surface area (TPSA) is 49.8 Å². The number of ketones is 1. The molecule has 2 heterocycles. The van der Waals surface area contributed by atoms with E-state index in [1.54, 1.807) is 6.07 Å². The van der Waals surface area contributed by atoms with Gasteiger partial charge in [0.05, 0.1) is 0 Å². The van der Waals surface area contributed by atoms with Gasteiger partial charge in [-0.15, -0.1) is 12.4 Å². The molecular formula is C17H20ClNO3. The van der Waals surface area contributed by atoms with Crippen LogP contribution in [0.25, 0.3) is 0 Å². The lowest BCUT2D eigenvalue weighted by molar-refractivity contribution is -0.138. The summed E-state index contributed by atoms with van der Waals surface area (Å²) in [6, 6.07) is 4.26. The van der Waals surface area contributed by atoms with Crippen LogP contribution in [-0.2, 0) is 16.6 Å². The van der Waals surface area contributed by atoms with Gasteiger partial charge in [0.25, 0.3) is 0 Å². The van der Waals surface area contributed by atoms with Gasteiger partial charge in [-0.05, 0) is 50.4 Å². The Morgan fingerprint density at radius 1 is 1.41 bits per heavy atom. The SMILES string of the molecule is CN1CCC23c4c5ccc(O)c4OC2C(=O)CCC3C1C5.Cl. The molecule has 1 N–H and O–H groups in total. The standard InChI is InChI=1S/C17H19NO3.ClH/c1-18-7-6-17-10-3-5-13(20)16(17)21-15-12(19)4-2-9(14(15)17)8-11(10)18;/h2,4,10-11,16,19H,3,5-8H2,1H3;1H. The molecule has 0 aromatic heterocycles. The van der Waals surface area contributed by atoms with Gasteiger partial charge in [0.1, 0.15) is 0 Å². The lowest BCUT2D eigenvalue weighted by Crippen LogP contribution is -2.65. The molecule has 1 aromatic rings. The number of carbonyl (C=O) groups excluding carboxylic acids is 1. The molecule has 1 saturated carbocycles. The number of benzene rings is 1. The van der Waals surface area contributed by atoms with Crippen molar-refractivity contribution in [3.05, 3.63) is 23.3 Å². The third-order valence-corrected chi connectivity index (χ3v) is 6.39. The van der Waals surface area contributed by atoms with Crippen molar-refractivity contribution in [2.24, 2.45) is 5.92 Å². The monoisotopic (exact) mass is 321 g/mol. The fourth-order valence-corrected chi connectivity index (χ4v) is 5.52. The zero-order valence-corrected chi connectivity index (χ0v) is 13.4. The van der Waals surface area contributed by atoms with Gasteiger partial charge in [-0.25, -0.2) is 0 Å². The molecule has 4 atom stereocenters. The van der Waals surface area contributed by atoms with Crippen LogP contribution in [0.5, 0.6) is 11.5 Å². The van der Waals surface area contributed by atoms with Gasteiger partial charge in [-0.2, -0.15) is 0 Å². The minimum Gasteiger partial charge on any atom is -0.504 e. The molecule has 4 nitrogen and oxygen atoms in total. The number of phenols is 1. The van der Waals surface area contributed by atoms with E-state index in [1.807, 2.05) is 6.07 Å². The second-order valence-corrected chi connectivity index (χ2v) is 7.10. The number of hydrogen-bond acceptors (Lipinski definition) is 4. The lowest BCUT2D eigenvalue weighted by atomic mass is 9.52. The highest BCUT2D eigenvalue weighted by Crippen LogP contribution is 2.62. The molecule has 4 unspecified atom stereocenters. The zero-order chi connectivity index (χ0) is 14.4. The Morgan fingerprint density at radius 2 is 2.23 bits per heavy atom. The summed E-state index contributed by atoms with van der Waals surface area (Å²) in [5.74, 6) is 1.50. The van der Waals surface area contributed by atoms with E-state index in [1.165, 1.54) is 5.56 Å². The molecule has 2 fully saturated rings. The highest BCUT2D eigenvalue weighted by atomic mass is 35.5. The van der Waals surface area contributed by atoms with E-state index in [2.05, 4.69) is 11.9 Å². The number of Topliss-reactive ketones (excluding diaryl/α,β-unsaturated/α-hetero) is 1. The smallest absolute Gasteiger partial charge is 0.174 e. The van der Waals surface area contributed by atoms with Crippen molar-refractivity contribution in [1.82, 2.24) is 4.90 Å². The molecule has 5 heteroatoms. The quantitative estimate of drug-likeness (QED) is 0.794. The van der Waals surface area contributed by atoms with Crippen molar-refractivity contribution in [2.75, 3.05) is 13.6 Å². The van der Waals surface area contributed by atoms with Gasteiger partial charge >= 0.3 is 0 Å². The summed E-state index contributed by atoms with van der Waals surface area (Å²) in [6.45, 7) is 1.00. The molecule has 1 aromatic carbocycles. The van der Waals surface area contributed by atoms with Crippen molar-refractivity contribution in [3.63, 3.8) is 0 Å². The number of likely N-dealkylation sites (N-methyl/N-ethyl adjacent to an activating group) is 1. The second kappa shape index (κ2) is 4.39. The first-order valence-electron chi connectivity index (χ1n) is 7.88. The Balaban J connectivity index is 0.00000125. The summed E-state index contributed by atoms with van der Waals surface area (Å²) in [6.07, 6.45) is 3.18. The summed E-state index contributed by atoms with van der Waals surface area (Å²) in [5.41, 5.74) is 2.26. The van der Waals surface area contributed by atoms with Crippen LogP contribution < -0.4 is 4.74 Å². The van der Waals surface area contributed by atoms with E-state index in [4.69, 9.17) is 4.74 Å². The third-order valence-electron chi connectivity index (χ3n) is 6.39. The van der Waals surface area contributed by atoms with Crippen molar-refractivity contribution < 1.29 is 14.6 Å². The summed E-state index contributed by atoms with van der Waals surface area (Å²) < 4.78 is 6.04. The van der Waals surface area contributed by atoms with Crippen LogP contribution in [0.4, 0.5) is 0 Å². The molecule has 1 spiro atoms. The van der Waals surface area contributed by atoms with Crippen LogP contribution in [-0.4, -0.2) is 41.5 Å². The average Bonchev–Trinajstić information content (AvgIpc) is 2.83. The molecular weight excluding hydrogens is 302 g/mol. The number of aromatic hydroxyl groups is 1. The van der Waals surface area contributed by atoms with E-state index in [-0.39, 0.29) is 35.5 Å². The van der Waals surface area contributed by atoms with Crippen molar-refractivity contribution >= 4 is 18.2 Å². The maximum absolute atomic E-state index is 12.5. The van der Waals surface area contributed by atoms with Crippen LogP contribution in [0.1, 0.15) is 30.4 Å². The van der Waals surface area contributed by atoms with Crippen LogP contribution in [0, 0.1) is 5.92 Å². The van der Waals surface area contributed by atoms with E-state index < -0.39 is 0 Å². The van der Waals surface area contributed by atoms with E-state index in [0.717, 1.165) is 31.4 Å². The van der Waals surface area contributed by atoms with Crippen LogP contribution in [0.3, 0.4) is 0 Å². The Kier molecular flexibility index (Phi) is 2.86. The number of rotatable bonds is 0. The van der Waals surface area contributed by atoms with Gasteiger partial charge < -0.3 is 14.7 Å². The number of phenolic OH excluding ortho intramolecular Hbond substituents is 1. The number of nitrogens with zero attached hydrogens (tertiary/aromatic N) is 1. The molecule has 118 valence electrons. The number of halogens is 1. The summed E-state index contributed by atoms with van der Waals surface area (Å²) in [5, 5.41) is 10.2. The van der Waals surface area contributed by atoms with E-state index in [0.29, 0.717) is 24.1 Å². The summed E-state index contributed by atoms with van der Waals surface area (Å²) in [7, 11) is 2.20. The molecule has 5 rings (SSSR count). The molecule has 2 aliphatic carbocycles. The van der Waals surface area contributed by atoms with E-state index >= 15 is 0 Å². The van der Waals surface area contributed by atoms with Gasteiger partial charge in [-0.1, -0.05) is 6.07 Å². The minimum absolute atomic E-state index is 0. The highest BCUT2D eigenvalue weighted by molar-refractivity contribution is 5.89. The first kappa shape index (κ1) is 14.3. The Labute approximate surface area is 135 Å². The first-order chi connectivity index (χ1) is 10.1. The average molecular weight is 322 g/mol. The van der Waals surface area contributed by atoms with Crippen LogP contribution >= 0.6 is 12.4 Å². The normalized spacial score (nSPS) is 38.0. The van der Waals surface area contributed by atoms with Crippen LogP contribution in [0.15, 0.2) is 12.1 Å². The number of carbonyl (C=O) groups is 1. The Morgan fingerprint density at radius 3 is 3.05 bits per heavy atom. The number of hydrogen-bond donors (Lipinski definition) is 1. The Bertz CT molecular complexity index is 676. The van der Waals surface area contributed by atoms with Crippen LogP contribution in [0.2, 0.25) is 0 Å². The number of ether oxygens (including phenoxy) is 1. The van der Waals surface area contributed by atoms with Gasteiger partial charge in [-0.3, -0.25) is 4.79 Å². The molecule has 1 saturated heterocycles. The van der Waals surface area contributed by atoms with Crippen molar-refractivity contribution in [3.8, 4) is 11.5 Å². The van der Waals surface area contributed by atoms with Gasteiger partial charge in [0, 0.05) is 23.4 Å². The highest BCUT2D eigenvalue weighted by Gasteiger charge is 2.65. The molecule has 2 aliphatic heterocycles. The molecule has 0 amide bonds. The predicted molar refractivity (Wildman–Crippen MR) is 83.9 cm³/mol. The fraction of sp³-hybridized carbons (Fsp3) is 0.588. The minimum atomic E-state index is -0.366. The molecule has 22 heavy (non-hydrogen) atoms. The zero-order valence-electron chi connectivity index (χ0n) is 12.5. The second-order valence-electron chi connectivity index (χ2n) is 7.10. The summed E-state index contributed by atoms with van der Waals surface area (Å²) in [4.78, 5) is 14.9. The Hall–Kier alpha value is -1.26. The molecule has 0 radical (unpaired) electrons. The lowest BCUT2D eigenvalue weighted by Gasteiger charge is -2.57. The number of likely N-dealkylation sites (tertiary alicyclic amines) is 1. The fourth-order valence-electron chi connectivity index (χ4n) is 5.52. The van der Waals surface area contributed by atoms with Crippen molar-refractivity contribution in [1.29, 1.82) is 0 Å². The van der Waals surface area contributed by atoms with Crippen molar-refractivity contribution in [2.45, 2.75) is 43.2 Å².